The van der Waals surface area contributed by atoms with Crippen molar-refractivity contribution in [3.8, 4) is 0 Å². The molecule has 0 saturated carbocycles. The lowest BCUT2D eigenvalue weighted by Gasteiger charge is -2.40. The Labute approximate surface area is 351 Å². The first-order valence-electron chi connectivity index (χ1n) is 19.6. The lowest BCUT2D eigenvalue weighted by atomic mass is 9.76. The lowest BCUT2D eigenvalue weighted by Crippen LogP contribution is -2.61. The number of nitrogens with one attached hydrogen (secondary N) is 4. The zero-order valence-electron chi connectivity index (χ0n) is 35.8. The van der Waals surface area contributed by atoms with Crippen molar-refractivity contribution in [1.29, 1.82) is 0 Å². The van der Waals surface area contributed by atoms with Crippen molar-refractivity contribution in [2.75, 3.05) is 32.9 Å². The van der Waals surface area contributed by atoms with Crippen LogP contribution in [-0.2, 0) is 43.8 Å². The van der Waals surface area contributed by atoms with Gasteiger partial charge in [-0.1, -0.05) is 84.9 Å². The van der Waals surface area contributed by atoms with Crippen LogP contribution in [0.25, 0.3) is 0 Å². The summed E-state index contributed by atoms with van der Waals surface area (Å²) < 4.78 is 0. The fourth-order valence-electron chi connectivity index (χ4n) is 6.69. The molecule has 1 aromatic rings. The maximum absolute atomic E-state index is 14.3. The molecule has 1 fully saturated rings. The van der Waals surface area contributed by atoms with E-state index in [0.717, 1.165) is 22.2 Å². The summed E-state index contributed by atoms with van der Waals surface area (Å²) in [6.07, 6.45) is 0.714. The van der Waals surface area contributed by atoms with Crippen LogP contribution in [0.15, 0.2) is 42.0 Å². The molecule has 1 heterocycles. The Bertz CT molecular complexity index is 1730. The number of likely N-dealkylation sites (N-methyl/N-ethyl adjacent to an activating group) is 2. The summed E-state index contributed by atoms with van der Waals surface area (Å²) in [6, 6.07) is 4.79. The number of carboxylic acid groups (broad SMARTS) is 2. The molecule has 1 saturated heterocycles. The number of imide groups is 1. The normalized spacial score (nSPS) is 17.5. The Balaban J connectivity index is 2.21. The predicted octanol–water partition coefficient (Wildman–Crippen LogP) is 1.25. The van der Waals surface area contributed by atoms with E-state index < -0.39 is 88.3 Å². The second kappa shape index (κ2) is 22.0. The molecule has 1 aromatic carbocycles. The molecule has 1 aliphatic heterocycles. The molecule has 6 atom stereocenters. The first kappa shape index (κ1) is 50.3. The maximum Gasteiger partial charge on any atom is 0.321 e. The number of carboxylic acids is 2. The van der Waals surface area contributed by atoms with Crippen LogP contribution in [-0.4, -0.2) is 136 Å². The van der Waals surface area contributed by atoms with Crippen LogP contribution >= 0.6 is 11.8 Å². The smallest absolute Gasteiger partial charge is 0.321 e. The van der Waals surface area contributed by atoms with Gasteiger partial charge < -0.3 is 42.1 Å². The monoisotopic (exact) mass is 845 g/mol. The van der Waals surface area contributed by atoms with Crippen molar-refractivity contribution in [2.45, 2.75) is 116 Å². The SMILES string of the molecule is CN[C@H](C(=O)NC(C(=O)N(C)[C@H](/C=C(\C)C(=O)N[C@@H](CCC(=O)O)C(=O)NCCN1C(=O)CC(SC[C@H](N)C(=O)O)C1=O)C(C)C)C(C)(C)C)C(C)(C)c1ccccc1. The first-order valence-corrected chi connectivity index (χ1v) is 20.6. The molecule has 0 spiro atoms. The summed E-state index contributed by atoms with van der Waals surface area (Å²) in [5, 5.41) is 28.8. The van der Waals surface area contributed by atoms with E-state index in [1.165, 1.54) is 11.8 Å². The van der Waals surface area contributed by atoms with Gasteiger partial charge in [-0.25, -0.2) is 0 Å². The number of amides is 6. The highest BCUT2D eigenvalue weighted by Crippen LogP contribution is 2.29. The van der Waals surface area contributed by atoms with Crippen LogP contribution in [0.3, 0.4) is 0 Å². The summed E-state index contributed by atoms with van der Waals surface area (Å²) in [7, 11) is 3.28. The third kappa shape index (κ3) is 14.2. The second-order valence-electron chi connectivity index (χ2n) is 16.8. The first-order chi connectivity index (χ1) is 27.3. The van der Waals surface area contributed by atoms with Gasteiger partial charge in [-0.05, 0) is 37.3 Å². The van der Waals surface area contributed by atoms with Crippen molar-refractivity contribution >= 4 is 59.1 Å². The molecule has 328 valence electrons. The Morgan fingerprint density at radius 3 is 2.12 bits per heavy atom. The second-order valence-corrected chi connectivity index (χ2v) is 18.0. The number of rotatable bonds is 22. The van der Waals surface area contributed by atoms with E-state index in [1.807, 2.05) is 78.8 Å². The molecule has 6 amide bonds. The van der Waals surface area contributed by atoms with Crippen LogP contribution in [0, 0.1) is 11.3 Å². The van der Waals surface area contributed by atoms with Gasteiger partial charge in [0, 0.05) is 49.7 Å². The van der Waals surface area contributed by atoms with E-state index in [-0.39, 0.29) is 55.0 Å². The summed E-state index contributed by atoms with van der Waals surface area (Å²) in [5.41, 5.74) is 5.24. The van der Waals surface area contributed by atoms with Crippen molar-refractivity contribution in [2.24, 2.45) is 17.1 Å². The molecular weight excluding hydrogens is 783 g/mol. The maximum atomic E-state index is 14.3. The standard InChI is InChI=1S/C41H63N7O10S/c1-23(2)28(47(10)38(56)33(40(4,5)6)46-36(54)32(43-9)41(7,8)25-14-12-11-13-15-25)20-24(3)34(52)45-27(16-17-31(50)51)35(53)44-18-19-48-30(49)21-29(37(48)55)59-22-26(42)39(57)58/h11-15,20,23,26-29,32-33,43H,16-19,21-22,42H2,1-10H3,(H,44,53)(H,45,52)(H,46,54)(H,50,51)(H,57,58)/b24-20+/t26-,27-,28+,29?,32+,33?/m0/s1. The third-order valence-corrected chi connectivity index (χ3v) is 11.7. The largest absolute Gasteiger partial charge is 0.481 e. The van der Waals surface area contributed by atoms with Gasteiger partial charge in [0.1, 0.15) is 18.1 Å². The van der Waals surface area contributed by atoms with Crippen molar-refractivity contribution in [1.82, 2.24) is 31.1 Å². The highest BCUT2D eigenvalue weighted by Gasteiger charge is 2.42. The molecule has 2 rings (SSSR count). The molecule has 2 unspecified atom stereocenters. The lowest BCUT2D eigenvalue weighted by molar-refractivity contribution is -0.141. The van der Waals surface area contributed by atoms with Crippen LogP contribution < -0.4 is 27.0 Å². The minimum absolute atomic E-state index is 0.0753. The molecule has 0 aliphatic carbocycles. The summed E-state index contributed by atoms with van der Waals surface area (Å²) in [6.45, 7) is 14.3. The molecule has 18 heteroatoms. The van der Waals surface area contributed by atoms with Gasteiger partial charge in [0.15, 0.2) is 0 Å². The number of nitrogens with two attached hydrogens (primary N) is 1. The number of hydrogen-bond donors (Lipinski definition) is 7. The fraction of sp³-hybridized carbons (Fsp3) is 0.610. The van der Waals surface area contributed by atoms with E-state index in [1.54, 1.807) is 20.2 Å². The number of benzene rings is 1. The molecule has 17 nitrogen and oxygen atoms in total. The van der Waals surface area contributed by atoms with Crippen molar-refractivity contribution in [3.05, 3.63) is 47.5 Å². The molecular formula is C41H63N7O10S. The van der Waals surface area contributed by atoms with Gasteiger partial charge in [-0.2, -0.15) is 0 Å². The Morgan fingerprint density at radius 1 is 0.983 bits per heavy atom. The van der Waals surface area contributed by atoms with Crippen molar-refractivity contribution in [3.63, 3.8) is 0 Å². The zero-order valence-corrected chi connectivity index (χ0v) is 36.6. The predicted molar refractivity (Wildman–Crippen MR) is 224 cm³/mol. The van der Waals surface area contributed by atoms with E-state index in [9.17, 15) is 43.5 Å². The molecule has 0 aromatic heterocycles. The molecule has 1 aliphatic rings. The molecule has 0 radical (unpaired) electrons. The van der Waals surface area contributed by atoms with Crippen molar-refractivity contribution < 1.29 is 48.6 Å². The number of hydrogen-bond acceptors (Lipinski definition) is 11. The summed E-state index contributed by atoms with van der Waals surface area (Å²) in [4.78, 5) is 105. The fourth-order valence-corrected chi connectivity index (χ4v) is 7.81. The number of nitrogens with zero attached hydrogens (tertiary/aromatic N) is 2. The van der Waals surface area contributed by atoms with Gasteiger partial charge in [0.05, 0.1) is 17.3 Å². The van der Waals surface area contributed by atoms with E-state index in [4.69, 9.17) is 10.8 Å². The zero-order chi connectivity index (χ0) is 45.0. The molecule has 8 N–H and O–H groups in total. The van der Waals surface area contributed by atoms with E-state index in [2.05, 4.69) is 21.3 Å². The van der Waals surface area contributed by atoms with Gasteiger partial charge >= 0.3 is 11.9 Å². The minimum atomic E-state index is -1.30. The Kier molecular flexibility index (Phi) is 18.8. The minimum Gasteiger partial charge on any atom is -0.481 e. The average Bonchev–Trinajstić information content (AvgIpc) is 3.43. The Morgan fingerprint density at radius 2 is 1.59 bits per heavy atom. The number of thioether (sulfide) groups is 1. The van der Waals surface area contributed by atoms with Crippen LogP contribution in [0.1, 0.15) is 80.2 Å². The third-order valence-electron chi connectivity index (χ3n) is 10.3. The average molecular weight is 846 g/mol. The van der Waals surface area contributed by atoms with Crippen LogP contribution in [0.5, 0.6) is 0 Å². The quantitative estimate of drug-likeness (QED) is 0.0642. The van der Waals surface area contributed by atoms with Gasteiger partial charge in [-0.3, -0.25) is 43.3 Å². The summed E-state index contributed by atoms with van der Waals surface area (Å²) >= 11 is 0.960. The van der Waals surface area contributed by atoms with Gasteiger partial charge in [-0.15, -0.1) is 11.8 Å². The summed E-state index contributed by atoms with van der Waals surface area (Å²) in [5.74, 6) is -5.94. The van der Waals surface area contributed by atoms with Crippen LogP contribution in [0.2, 0.25) is 0 Å². The number of aliphatic carboxylic acids is 2. The topological polar surface area (TPSA) is 258 Å². The number of likely N-dealkylation sites (tertiary alicyclic amines) is 1. The van der Waals surface area contributed by atoms with Gasteiger partial charge in [0.25, 0.3) is 0 Å². The molecule has 59 heavy (non-hydrogen) atoms. The van der Waals surface area contributed by atoms with Crippen LogP contribution in [0.4, 0.5) is 0 Å². The molecule has 0 bridgehead atoms. The van der Waals surface area contributed by atoms with E-state index in [0.29, 0.717) is 0 Å². The highest BCUT2D eigenvalue weighted by molar-refractivity contribution is 8.00. The number of carbonyl (C=O) groups is 8. The Hall–Kier alpha value is -4.81. The van der Waals surface area contributed by atoms with E-state index >= 15 is 0 Å². The van der Waals surface area contributed by atoms with Gasteiger partial charge in [0.2, 0.25) is 35.4 Å². The number of carbonyl (C=O) groups excluding carboxylic acids is 6. The highest BCUT2D eigenvalue weighted by atomic mass is 32.2.